The summed E-state index contributed by atoms with van der Waals surface area (Å²) in [6.45, 7) is 2.89. The van der Waals surface area contributed by atoms with E-state index in [1.54, 1.807) is 19.2 Å². The van der Waals surface area contributed by atoms with Gasteiger partial charge in [0.1, 0.15) is 23.9 Å². The van der Waals surface area contributed by atoms with Crippen LogP contribution in [0.5, 0.6) is 5.75 Å². The zero-order valence-corrected chi connectivity index (χ0v) is 15.4. The standard InChI is InChI=1S/C23H21NO3/c1-15(19-9-5-7-16-6-3-4-8-20(16)19)24-14-17-12-23(25)27-22-13-18(26-2)10-11-21(17)22/h3-13,15,24H,14H2,1-2H3/p+1/t15-/m0/s1. The molecule has 4 rings (SSSR count). The van der Waals surface area contributed by atoms with Gasteiger partial charge in [-0.2, -0.15) is 0 Å². The van der Waals surface area contributed by atoms with Crippen LogP contribution in [0.15, 0.2) is 75.9 Å². The number of benzene rings is 3. The Kier molecular flexibility index (Phi) is 4.65. The number of quaternary nitrogens is 1. The molecule has 0 spiro atoms. The van der Waals surface area contributed by atoms with E-state index in [1.807, 2.05) is 12.1 Å². The van der Waals surface area contributed by atoms with E-state index in [-0.39, 0.29) is 11.7 Å². The van der Waals surface area contributed by atoms with Gasteiger partial charge in [0.05, 0.1) is 7.11 Å². The summed E-state index contributed by atoms with van der Waals surface area (Å²) in [5.74, 6) is 0.677. The van der Waals surface area contributed by atoms with E-state index in [0.717, 1.165) is 10.9 Å². The molecule has 0 aliphatic heterocycles. The van der Waals surface area contributed by atoms with E-state index in [4.69, 9.17) is 9.15 Å². The lowest BCUT2D eigenvalue weighted by molar-refractivity contribution is -0.707. The van der Waals surface area contributed by atoms with E-state index in [0.29, 0.717) is 17.9 Å². The molecule has 4 nitrogen and oxygen atoms in total. The normalized spacial score (nSPS) is 12.4. The summed E-state index contributed by atoms with van der Waals surface area (Å²) < 4.78 is 10.6. The predicted octanol–water partition coefficient (Wildman–Crippen LogP) is 3.78. The zero-order valence-electron chi connectivity index (χ0n) is 15.4. The predicted molar refractivity (Wildman–Crippen MR) is 107 cm³/mol. The Bertz CT molecular complexity index is 1160. The van der Waals surface area contributed by atoms with Gasteiger partial charge >= 0.3 is 5.63 Å². The van der Waals surface area contributed by atoms with Crippen molar-refractivity contribution in [2.75, 3.05) is 7.11 Å². The molecule has 0 aliphatic rings. The summed E-state index contributed by atoms with van der Waals surface area (Å²) in [7, 11) is 1.60. The fourth-order valence-corrected chi connectivity index (χ4v) is 3.58. The van der Waals surface area contributed by atoms with Gasteiger partial charge < -0.3 is 14.5 Å². The number of methoxy groups -OCH3 is 1. The summed E-state index contributed by atoms with van der Waals surface area (Å²) in [6.07, 6.45) is 0. The molecular formula is C23H22NO3+. The fraction of sp³-hybridized carbons (Fsp3) is 0.174. The maximum Gasteiger partial charge on any atom is 0.336 e. The smallest absolute Gasteiger partial charge is 0.336 e. The number of nitrogens with two attached hydrogens (primary N) is 1. The molecule has 0 unspecified atom stereocenters. The Hall–Kier alpha value is -3.11. The number of fused-ring (bicyclic) bond motifs is 2. The molecule has 0 amide bonds. The first-order chi connectivity index (χ1) is 13.2. The van der Waals surface area contributed by atoms with Crippen molar-refractivity contribution in [2.24, 2.45) is 0 Å². The third kappa shape index (κ3) is 3.44. The highest BCUT2D eigenvalue weighted by molar-refractivity contribution is 5.86. The van der Waals surface area contributed by atoms with Crippen LogP contribution in [0.4, 0.5) is 0 Å². The van der Waals surface area contributed by atoms with Crippen molar-refractivity contribution in [3.63, 3.8) is 0 Å². The van der Waals surface area contributed by atoms with Gasteiger partial charge in [0.2, 0.25) is 0 Å². The minimum absolute atomic E-state index is 0.261. The second kappa shape index (κ2) is 7.25. The van der Waals surface area contributed by atoms with Crippen LogP contribution in [-0.4, -0.2) is 7.11 Å². The largest absolute Gasteiger partial charge is 0.497 e. The van der Waals surface area contributed by atoms with E-state index in [9.17, 15) is 4.79 Å². The monoisotopic (exact) mass is 360 g/mol. The molecule has 0 saturated carbocycles. The Balaban J connectivity index is 1.64. The first kappa shape index (κ1) is 17.3. The Morgan fingerprint density at radius 1 is 1.00 bits per heavy atom. The maximum absolute atomic E-state index is 12.0. The lowest BCUT2D eigenvalue weighted by Crippen LogP contribution is -2.83. The van der Waals surface area contributed by atoms with Gasteiger partial charge in [0, 0.05) is 28.6 Å². The van der Waals surface area contributed by atoms with E-state index in [2.05, 4.69) is 54.7 Å². The number of hydrogen-bond acceptors (Lipinski definition) is 3. The molecule has 0 radical (unpaired) electrons. The first-order valence-electron chi connectivity index (χ1n) is 9.07. The SMILES string of the molecule is COc1ccc2c(C[NH2+][C@@H](C)c3cccc4ccccc34)cc(=O)oc2c1. The maximum atomic E-state index is 12.0. The van der Waals surface area contributed by atoms with Crippen LogP contribution < -0.4 is 15.7 Å². The molecule has 136 valence electrons. The Morgan fingerprint density at radius 3 is 2.67 bits per heavy atom. The average molecular weight is 360 g/mol. The highest BCUT2D eigenvalue weighted by Gasteiger charge is 2.14. The molecular weight excluding hydrogens is 338 g/mol. The van der Waals surface area contributed by atoms with E-state index >= 15 is 0 Å². The van der Waals surface area contributed by atoms with Crippen LogP contribution in [-0.2, 0) is 6.54 Å². The molecule has 0 aliphatic carbocycles. The summed E-state index contributed by atoms with van der Waals surface area (Å²) in [6, 6.07) is 22.3. The van der Waals surface area contributed by atoms with Gasteiger partial charge in [-0.25, -0.2) is 4.79 Å². The van der Waals surface area contributed by atoms with E-state index < -0.39 is 0 Å². The molecule has 4 aromatic rings. The average Bonchev–Trinajstić information content (AvgIpc) is 2.70. The van der Waals surface area contributed by atoms with Crippen LogP contribution in [0.3, 0.4) is 0 Å². The van der Waals surface area contributed by atoms with Gasteiger partial charge in [-0.1, -0.05) is 42.5 Å². The van der Waals surface area contributed by atoms with Crippen molar-refractivity contribution >= 4 is 21.7 Å². The van der Waals surface area contributed by atoms with Crippen LogP contribution in [0.25, 0.3) is 21.7 Å². The third-order valence-electron chi connectivity index (χ3n) is 5.04. The topological polar surface area (TPSA) is 56.0 Å². The second-order valence-corrected chi connectivity index (χ2v) is 6.75. The second-order valence-electron chi connectivity index (χ2n) is 6.75. The van der Waals surface area contributed by atoms with Gasteiger partial charge in [0.15, 0.2) is 0 Å². The summed E-state index contributed by atoms with van der Waals surface area (Å²) >= 11 is 0. The molecule has 4 heteroatoms. The lowest BCUT2D eigenvalue weighted by atomic mass is 9.99. The van der Waals surface area contributed by atoms with Crippen LogP contribution in [0, 0.1) is 0 Å². The van der Waals surface area contributed by atoms with Crippen molar-refractivity contribution in [1.29, 1.82) is 0 Å². The molecule has 0 saturated heterocycles. The van der Waals surface area contributed by atoms with Gasteiger partial charge in [-0.3, -0.25) is 0 Å². The molecule has 0 bridgehead atoms. The number of ether oxygens (including phenoxy) is 1. The molecule has 1 aromatic heterocycles. The Morgan fingerprint density at radius 2 is 1.81 bits per heavy atom. The highest BCUT2D eigenvalue weighted by atomic mass is 16.5. The van der Waals surface area contributed by atoms with Crippen LogP contribution in [0.2, 0.25) is 0 Å². The molecule has 27 heavy (non-hydrogen) atoms. The number of rotatable bonds is 5. The first-order valence-corrected chi connectivity index (χ1v) is 9.07. The van der Waals surface area contributed by atoms with E-state index in [1.165, 1.54) is 16.3 Å². The highest BCUT2D eigenvalue weighted by Crippen LogP contribution is 2.24. The third-order valence-corrected chi connectivity index (χ3v) is 5.04. The van der Waals surface area contributed by atoms with Gasteiger partial charge in [-0.15, -0.1) is 0 Å². The van der Waals surface area contributed by atoms with Crippen LogP contribution in [0.1, 0.15) is 24.1 Å². The van der Waals surface area contributed by atoms with Crippen molar-refractivity contribution in [3.8, 4) is 5.75 Å². The quantitative estimate of drug-likeness (QED) is 0.551. The molecule has 1 heterocycles. The summed E-state index contributed by atoms with van der Waals surface area (Å²) in [5, 5.41) is 5.70. The number of hydrogen-bond donors (Lipinski definition) is 1. The molecule has 3 aromatic carbocycles. The minimum atomic E-state index is -0.336. The molecule has 1 atom stereocenters. The van der Waals surface area contributed by atoms with Crippen molar-refractivity contribution in [2.45, 2.75) is 19.5 Å². The van der Waals surface area contributed by atoms with Crippen molar-refractivity contribution < 1.29 is 14.5 Å². The minimum Gasteiger partial charge on any atom is -0.497 e. The van der Waals surface area contributed by atoms with Crippen LogP contribution >= 0.6 is 0 Å². The van der Waals surface area contributed by atoms with Gasteiger partial charge in [-0.05, 0) is 29.8 Å². The van der Waals surface area contributed by atoms with Gasteiger partial charge in [0.25, 0.3) is 0 Å². The zero-order chi connectivity index (χ0) is 18.8. The lowest BCUT2D eigenvalue weighted by Gasteiger charge is -2.14. The molecule has 0 fully saturated rings. The van der Waals surface area contributed by atoms with Crippen molar-refractivity contribution in [3.05, 3.63) is 88.3 Å². The Labute approximate surface area is 157 Å². The van der Waals surface area contributed by atoms with Crippen molar-refractivity contribution in [1.82, 2.24) is 0 Å². The molecule has 2 N–H and O–H groups in total. The fourth-order valence-electron chi connectivity index (χ4n) is 3.58. The summed E-state index contributed by atoms with van der Waals surface area (Å²) in [5.41, 5.74) is 2.48. The summed E-state index contributed by atoms with van der Waals surface area (Å²) in [4.78, 5) is 12.0.